The summed E-state index contributed by atoms with van der Waals surface area (Å²) in [7, 11) is 2.25. The number of nitro groups is 1. The summed E-state index contributed by atoms with van der Waals surface area (Å²) in [6.45, 7) is 0. The SMILES string of the molecule is COC(=O)C1=C(C(=O)OC)N(c2ccc(Br)cc2)C(N)=C(C#N)C1c1cccc([N+](=O)[O-])c1. The monoisotopic (exact) mass is 512 g/mol. The summed E-state index contributed by atoms with van der Waals surface area (Å²) < 4.78 is 10.6. The van der Waals surface area contributed by atoms with Crippen LogP contribution in [0.5, 0.6) is 0 Å². The van der Waals surface area contributed by atoms with Crippen LogP contribution in [0.2, 0.25) is 0 Å². The number of ether oxygens (including phenoxy) is 2. The van der Waals surface area contributed by atoms with Crippen molar-refractivity contribution in [3.05, 3.63) is 91.3 Å². The topological polar surface area (TPSA) is 149 Å². The largest absolute Gasteiger partial charge is 0.466 e. The highest BCUT2D eigenvalue weighted by molar-refractivity contribution is 9.10. The van der Waals surface area contributed by atoms with Gasteiger partial charge in [-0.15, -0.1) is 0 Å². The molecule has 1 atom stereocenters. The van der Waals surface area contributed by atoms with Crippen LogP contribution in [-0.4, -0.2) is 31.1 Å². The van der Waals surface area contributed by atoms with Gasteiger partial charge in [0.05, 0.1) is 42.3 Å². The molecule has 0 aromatic heterocycles. The van der Waals surface area contributed by atoms with E-state index in [0.29, 0.717) is 5.69 Å². The summed E-state index contributed by atoms with van der Waals surface area (Å²) in [5, 5.41) is 21.3. The standard InChI is InChI=1S/C22H17BrN4O6/c1-32-21(28)18-17(12-4-3-5-15(10-12)27(30)31)16(11-24)20(25)26(19(18)22(29)33-2)14-8-6-13(23)7-9-14/h3-10,17H,25H2,1-2H3. The van der Waals surface area contributed by atoms with E-state index in [1.54, 1.807) is 24.3 Å². The lowest BCUT2D eigenvalue weighted by Gasteiger charge is -2.35. The second kappa shape index (κ2) is 9.54. The molecule has 3 rings (SSSR count). The van der Waals surface area contributed by atoms with E-state index in [1.165, 1.54) is 29.2 Å². The molecule has 0 radical (unpaired) electrons. The van der Waals surface area contributed by atoms with Gasteiger partial charge in [-0.05, 0) is 29.8 Å². The van der Waals surface area contributed by atoms with Gasteiger partial charge >= 0.3 is 11.9 Å². The van der Waals surface area contributed by atoms with Crippen molar-refractivity contribution in [2.45, 2.75) is 5.92 Å². The molecule has 1 unspecified atom stereocenters. The molecule has 11 heteroatoms. The number of nitriles is 1. The number of hydrogen-bond acceptors (Lipinski definition) is 9. The Morgan fingerprint density at radius 3 is 2.33 bits per heavy atom. The molecule has 1 aliphatic heterocycles. The van der Waals surface area contributed by atoms with Crippen molar-refractivity contribution in [1.29, 1.82) is 5.26 Å². The fourth-order valence-electron chi connectivity index (χ4n) is 3.54. The van der Waals surface area contributed by atoms with Crippen LogP contribution in [0.15, 0.2) is 75.7 Å². The van der Waals surface area contributed by atoms with Crippen LogP contribution in [0.4, 0.5) is 11.4 Å². The Hall–Kier alpha value is -4.17. The van der Waals surface area contributed by atoms with E-state index < -0.39 is 22.8 Å². The highest BCUT2D eigenvalue weighted by atomic mass is 79.9. The molecule has 1 heterocycles. The molecule has 1 aliphatic rings. The molecule has 0 bridgehead atoms. The maximum atomic E-state index is 13.0. The molecule has 0 amide bonds. The number of nitro benzene ring substituents is 1. The van der Waals surface area contributed by atoms with Crippen molar-refractivity contribution in [1.82, 2.24) is 0 Å². The van der Waals surface area contributed by atoms with Crippen molar-refractivity contribution < 1.29 is 24.0 Å². The van der Waals surface area contributed by atoms with Crippen molar-refractivity contribution >= 4 is 39.2 Å². The molecule has 0 saturated heterocycles. The third kappa shape index (κ3) is 4.28. The molecule has 0 saturated carbocycles. The van der Waals surface area contributed by atoms with Crippen LogP contribution < -0.4 is 10.6 Å². The summed E-state index contributed by atoms with van der Waals surface area (Å²) in [5.74, 6) is -3.17. The van der Waals surface area contributed by atoms with Gasteiger partial charge in [0, 0.05) is 22.3 Å². The Morgan fingerprint density at radius 1 is 1.15 bits per heavy atom. The number of esters is 2. The highest BCUT2D eigenvalue weighted by Crippen LogP contribution is 2.43. The van der Waals surface area contributed by atoms with Crippen LogP contribution in [0.1, 0.15) is 11.5 Å². The predicted molar refractivity (Wildman–Crippen MR) is 120 cm³/mol. The lowest BCUT2D eigenvalue weighted by Crippen LogP contribution is -2.40. The first-order valence-electron chi connectivity index (χ1n) is 9.35. The van der Waals surface area contributed by atoms with Gasteiger partial charge < -0.3 is 15.2 Å². The van der Waals surface area contributed by atoms with E-state index in [9.17, 15) is 25.0 Å². The molecule has 2 aromatic carbocycles. The van der Waals surface area contributed by atoms with Crippen molar-refractivity contribution in [2.24, 2.45) is 5.73 Å². The summed E-state index contributed by atoms with van der Waals surface area (Å²) in [5.41, 5.74) is 6.09. The summed E-state index contributed by atoms with van der Waals surface area (Å²) >= 11 is 3.33. The Balaban J connectivity index is 2.41. The zero-order chi connectivity index (χ0) is 24.3. The average Bonchev–Trinajstić information content (AvgIpc) is 2.82. The number of methoxy groups -OCH3 is 2. The molecule has 33 heavy (non-hydrogen) atoms. The first kappa shape index (κ1) is 23.5. The molecule has 2 aromatic rings. The van der Waals surface area contributed by atoms with E-state index in [2.05, 4.69) is 15.9 Å². The molecule has 0 spiro atoms. The number of rotatable bonds is 5. The molecular formula is C22H17BrN4O6. The van der Waals surface area contributed by atoms with Crippen molar-refractivity contribution in [3.8, 4) is 6.07 Å². The predicted octanol–water partition coefficient (Wildman–Crippen LogP) is 3.26. The number of nitrogens with two attached hydrogens (primary N) is 1. The van der Waals surface area contributed by atoms with Gasteiger partial charge in [-0.2, -0.15) is 5.26 Å². The van der Waals surface area contributed by atoms with Crippen LogP contribution in [0.3, 0.4) is 0 Å². The lowest BCUT2D eigenvalue weighted by molar-refractivity contribution is -0.384. The number of carbonyl (C=O) groups is 2. The van der Waals surface area contributed by atoms with Gasteiger partial charge in [0.25, 0.3) is 5.69 Å². The number of non-ortho nitro benzene ring substituents is 1. The number of benzene rings is 2. The smallest absolute Gasteiger partial charge is 0.355 e. The van der Waals surface area contributed by atoms with E-state index >= 15 is 0 Å². The minimum absolute atomic E-state index is 0.0912. The number of nitrogens with zero attached hydrogens (tertiary/aromatic N) is 3. The van der Waals surface area contributed by atoms with E-state index in [4.69, 9.17) is 15.2 Å². The third-order valence-corrected chi connectivity index (χ3v) is 5.51. The second-order valence-electron chi connectivity index (χ2n) is 6.75. The van der Waals surface area contributed by atoms with E-state index in [0.717, 1.165) is 18.7 Å². The molecule has 168 valence electrons. The molecular weight excluding hydrogens is 496 g/mol. The maximum absolute atomic E-state index is 13.0. The van der Waals surface area contributed by atoms with Crippen LogP contribution >= 0.6 is 15.9 Å². The minimum atomic E-state index is -1.21. The summed E-state index contributed by atoms with van der Waals surface area (Å²) in [6, 6.07) is 14.0. The van der Waals surface area contributed by atoms with Crippen LogP contribution in [0, 0.1) is 21.4 Å². The van der Waals surface area contributed by atoms with Gasteiger partial charge in [-0.3, -0.25) is 15.0 Å². The van der Waals surface area contributed by atoms with Gasteiger partial charge in [0.1, 0.15) is 11.5 Å². The Labute approximate surface area is 196 Å². The first-order valence-corrected chi connectivity index (χ1v) is 10.1. The fraction of sp³-hybridized carbons (Fsp3) is 0.136. The first-order chi connectivity index (χ1) is 15.7. The van der Waals surface area contributed by atoms with Gasteiger partial charge in [-0.25, -0.2) is 9.59 Å². The van der Waals surface area contributed by atoms with Gasteiger partial charge in [0.2, 0.25) is 0 Å². The second-order valence-corrected chi connectivity index (χ2v) is 7.67. The average molecular weight is 513 g/mol. The maximum Gasteiger partial charge on any atom is 0.355 e. The van der Waals surface area contributed by atoms with Crippen molar-refractivity contribution in [3.63, 3.8) is 0 Å². The van der Waals surface area contributed by atoms with E-state index in [1.807, 2.05) is 6.07 Å². The highest BCUT2D eigenvalue weighted by Gasteiger charge is 2.43. The molecule has 10 nitrogen and oxygen atoms in total. The van der Waals surface area contributed by atoms with Gasteiger partial charge in [0.15, 0.2) is 0 Å². The molecule has 2 N–H and O–H groups in total. The fourth-order valence-corrected chi connectivity index (χ4v) is 3.81. The number of anilines is 1. The molecule has 0 aliphatic carbocycles. The normalized spacial score (nSPS) is 15.7. The van der Waals surface area contributed by atoms with Crippen LogP contribution in [0.25, 0.3) is 0 Å². The number of carbonyl (C=O) groups excluding carboxylic acids is 2. The zero-order valence-electron chi connectivity index (χ0n) is 17.4. The Kier molecular flexibility index (Phi) is 6.79. The number of halogens is 1. The summed E-state index contributed by atoms with van der Waals surface area (Å²) in [4.78, 5) is 37.8. The lowest BCUT2D eigenvalue weighted by atomic mass is 9.80. The minimum Gasteiger partial charge on any atom is -0.466 e. The Morgan fingerprint density at radius 2 is 1.79 bits per heavy atom. The third-order valence-electron chi connectivity index (χ3n) is 4.98. The number of hydrogen-bond donors (Lipinski definition) is 1. The van der Waals surface area contributed by atoms with Gasteiger partial charge in [-0.1, -0.05) is 28.1 Å². The Bertz CT molecular complexity index is 1250. The van der Waals surface area contributed by atoms with Crippen LogP contribution in [-0.2, 0) is 19.1 Å². The molecule has 0 fully saturated rings. The van der Waals surface area contributed by atoms with E-state index in [-0.39, 0.29) is 33.9 Å². The summed E-state index contributed by atoms with van der Waals surface area (Å²) in [6.07, 6.45) is 0. The van der Waals surface area contributed by atoms with Crippen molar-refractivity contribution in [2.75, 3.05) is 19.1 Å². The zero-order valence-corrected chi connectivity index (χ0v) is 19.0. The quantitative estimate of drug-likeness (QED) is 0.361. The number of allylic oxidation sites excluding steroid dienone is 1.